The zero-order chi connectivity index (χ0) is 13.8. The van der Waals surface area contributed by atoms with Gasteiger partial charge in [-0.1, -0.05) is 52.3 Å². The molecule has 3 heteroatoms. The first-order chi connectivity index (χ1) is 9.08. The first kappa shape index (κ1) is 14.1. The summed E-state index contributed by atoms with van der Waals surface area (Å²) in [6.45, 7) is 2.89. The highest BCUT2D eigenvalue weighted by Crippen LogP contribution is 2.27. The van der Waals surface area contributed by atoms with E-state index in [-0.39, 0.29) is 6.04 Å². The van der Waals surface area contributed by atoms with Crippen molar-refractivity contribution in [1.82, 2.24) is 0 Å². The van der Waals surface area contributed by atoms with Crippen LogP contribution in [0.25, 0.3) is 0 Å². The van der Waals surface area contributed by atoms with Gasteiger partial charge >= 0.3 is 0 Å². The number of anilines is 1. The van der Waals surface area contributed by atoms with Gasteiger partial charge in [0.2, 0.25) is 0 Å². The Hall–Kier alpha value is -1.32. The van der Waals surface area contributed by atoms with Crippen LogP contribution in [-0.2, 0) is 6.54 Å². The molecule has 1 atom stereocenters. The molecule has 100 valence electrons. The van der Waals surface area contributed by atoms with Gasteiger partial charge in [0.1, 0.15) is 0 Å². The smallest absolute Gasteiger partial charge is 0.0426 e. The Kier molecular flexibility index (Phi) is 4.61. The molecule has 0 aliphatic heterocycles. The molecule has 0 saturated heterocycles. The minimum absolute atomic E-state index is 0.0443. The van der Waals surface area contributed by atoms with Gasteiger partial charge in [-0.05, 0) is 30.2 Å². The summed E-state index contributed by atoms with van der Waals surface area (Å²) in [6.07, 6.45) is 0. The van der Waals surface area contributed by atoms with Crippen molar-refractivity contribution in [2.24, 2.45) is 5.73 Å². The summed E-state index contributed by atoms with van der Waals surface area (Å²) in [6, 6.07) is 16.8. The molecule has 0 aliphatic carbocycles. The minimum Gasteiger partial charge on any atom is -0.370 e. The summed E-state index contributed by atoms with van der Waals surface area (Å²) in [7, 11) is 2.10. The zero-order valence-corrected chi connectivity index (χ0v) is 12.9. The van der Waals surface area contributed by atoms with Crippen LogP contribution in [0.1, 0.15) is 24.1 Å². The molecule has 0 saturated carbocycles. The highest BCUT2D eigenvalue weighted by Gasteiger charge is 2.08. The molecule has 0 aliphatic rings. The molecule has 2 N–H and O–H groups in total. The molecule has 0 spiro atoms. The van der Waals surface area contributed by atoms with Crippen molar-refractivity contribution in [2.75, 3.05) is 11.9 Å². The van der Waals surface area contributed by atoms with Crippen LogP contribution in [0.4, 0.5) is 5.69 Å². The van der Waals surface area contributed by atoms with Crippen molar-refractivity contribution >= 4 is 21.6 Å². The van der Waals surface area contributed by atoms with Gasteiger partial charge in [0.25, 0.3) is 0 Å². The number of hydrogen-bond acceptors (Lipinski definition) is 2. The first-order valence-corrected chi connectivity index (χ1v) is 7.17. The number of hydrogen-bond donors (Lipinski definition) is 1. The molecular formula is C16H19BrN2. The van der Waals surface area contributed by atoms with Crippen LogP contribution in [0.5, 0.6) is 0 Å². The van der Waals surface area contributed by atoms with E-state index in [2.05, 4.69) is 70.3 Å². The highest BCUT2D eigenvalue weighted by atomic mass is 79.9. The molecule has 2 aromatic rings. The zero-order valence-electron chi connectivity index (χ0n) is 11.3. The third-order valence-corrected chi connectivity index (χ3v) is 3.86. The first-order valence-electron chi connectivity index (χ1n) is 6.38. The topological polar surface area (TPSA) is 29.3 Å². The molecule has 0 radical (unpaired) electrons. The largest absolute Gasteiger partial charge is 0.370 e. The lowest BCUT2D eigenvalue weighted by atomic mass is 10.1. The molecule has 2 nitrogen and oxygen atoms in total. The second-order valence-corrected chi connectivity index (χ2v) is 5.69. The molecular weight excluding hydrogens is 300 g/mol. The molecule has 0 aromatic heterocycles. The van der Waals surface area contributed by atoms with Crippen LogP contribution < -0.4 is 10.6 Å². The van der Waals surface area contributed by atoms with Crippen molar-refractivity contribution in [2.45, 2.75) is 19.5 Å². The molecule has 0 bridgehead atoms. The third kappa shape index (κ3) is 3.58. The van der Waals surface area contributed by atoms with E-state index in [9.17, 15) is 0 Å². The SMILES string of the molecule is C[C@@H](N)c1ccc(N(C)Cc2ccccc2)cc1Br. The normalized spacial score (nSPS) is 12.2. The van der Waals surface area contributed by atoms with Crippen LogP contribution in [0.3, 0.4) is 0 Å². The lowest BCUT2D eigenvalue weighted by Crippen LogP contribution is -2.16. The number of nitrogens with two attached hydrogens (primary N) is 1. The average molecular weight is 319 g/mol. The molecule has 0 fully saturated rings. The molecule has 0 unspecified atom stereocenters. The summed E-state index contributed by atoms with van der Waals surface area (Å²) < 4.78 is 1.07. The monoisotopic (exact) mass is 318 g/mol. The average Bonchev–Trinajstić information content (AvgIpc) is 2.39. The maximum absolute atomic E-state index is 5.92. The van der Waals surface area contributed by atoms with Gasteiger partial charge in [0, 0.05) is 29.8 Å². The van der Waals surface area contributed by atoms with Gasteiger partial charge in [0.15, 0.2) is 0 Å². The predicted octanol–water partition coefficient (Wildman–Crippen LogP) is 4.11. The Morgan fingerprint density at radius 2 is 1.84 bits per heavy atom. The maximum Gasteiger partial charge on any atom is 0.0426 e. The predicted molar refractivity (Wildman–Crippen MR) is 85.3 cm³/mol. The van der Waals surface area contributed by atoms with Gasteiger partial charge in [0.05, 0.1) is 0 Å². The summed E-state index contributed by atoms with van der Waals surface area (Å²) in [5, 5.41) is 0. The van der Waals surface area contributed by atoms with Crippen molar-refractivity contribution in [1.29, 1.82) is 0 Å². The fourth-order valence-electron chi connectivity index (χ4n) is 2.07. The van der Waals surface area contributed by atoms with Gasteiger partial charge in [-0.15, -0.1) is 0 Å². The maximum atomic E-state index is 5.92. The van der Waals surface area contributed by atoms with Crippen molar-refractivity contribution in [3.63, 3.8) is 0 Å². The quantitative estimate of drug-likeness (QED) is 0.919. The Morgan fingerprint density at radius 3 is 2.42 bits per heavy atom. The number of benzene rings is 2. The van der Waals surface area contributed by atoms with E-state index < -0.39 is 0 Å². The number of halogens is 1. The summed E-state index contributed by atoms with van der Waals surface area (Å²) in [5.41, 5.74) is 9.54. The highest BCUT2D eigenvalue weighted by molar-refractivity contribution is 9.10. The lowest BCUT2D eigenvalue weighted by molar-refractivity contribution is 0.812. The fraction of sp³-hybridized carbons (Fsp3) is 0.250. The Morgan fingerprint density at radius 1 is 1.16 bits per heavy atom. The van der Waals surface area contributed by atoms with Gasteiger partial charge in [-0.3, -0.25) is 0 Å². The van der Waals surface area contributed by atoms with Crippen molar-refractivity contribution in [3.05, 3.63) is 64.1 Å². The lowest BCUT2D eigenvalue weighted by Gasteiger charge is -2.21. The van der Waals surface area contributed by atoms with Crippen LogP contribution in [0.15, 0.2) is 53.0 Å². The van der Waals surface area contributed by atoms with Crippen LogP contribution in [0.2, 0.25) is 0 Å². The standard InChI is InChI=1S/C16H19BrN2/c1-12(18)15-9-8-14(10-16(15)17)19(2)11-13-6-4-3-5-7-13/h3-10,12H,11,18H2,1-2H3/t12-/m1/s1. The van der Waals surface area contributed by atoms with E-state index in [4.69, 9.17) is 5.73 Å². The van der Waals surface area contributed by atoms with E-state index in [0.29, 0.717) is 0 Å². The Balaban J connectivity index is 2.16. The fourth-order valence-corrected chi connectivity index (χ4v) is 2.80. The summed E-state index contributed by atoms with van der Waals surface area (Å²) in [4.78, 5) is 2.23. The summed E-state index contributed by atoms with van der Waals surface area (Å²) in [5.74, 6) is 0. The molecule has 2 aromatic carbocycles. The summed E-state index contributed by atoms with van der Waals surface area (Å²) >= 11 is 3.59. The Labute approximate surface area is 123 Å². The van der Waals surface area contributed by atoms with E-state index in [1.807, 2.05) is 13.0 Å². The van der Waals surface area contributed by atoms with Gasteiger partial charge in [-0.2, -0.15) is 0 Å². The third-order valence-electron chi connectivity index (χ3n) is 3.18. The van der Waals surface area contributed by atoms with Crippen molar-refractivity contribution < 1.29 is 0 Å². The molecule has 0 amide bonds. The second-order valence-electron chi connectivity index (χ2n) is 4.84. The van der Waals surface area contributed by atoms with Crippen molar-refractivity contribution in [3.8, 4) is 0 Å². The number of nitrogens with zero attached hydrogens (tertiary/aromatic N) is 1. The molecule has 2 rings (SSSR count). The molecule has 19 heavy (non-hydrogen) atoms. The van der Waals surface area contributed by atoms with Gasteiger partial charge < -0.3 is 10.6 Å². The van der Waals surface area contributed by atoms with Crippen LogP contribution >= 0.6 is 15.9 Å². The van der Waals surface area contributed by atoms with E-state index in [1.165, 1.54) is 11.3 Å². The Bertz CT molecular complexity index is 538. The van der Waals surface area contributed by atoms with E-state index in [0.717, 1.165) is 16.6 Å². The van der Waals surface area contributed by atoms with E-state index >= 15 is 0 Å². The van der Waals surface area contributed by atoms with Crippen LogP contribution in [-0.4, -0.2) is 7.05 Å². The minimum atomic E-state index is 0.0443. The van der Waals surface area contributed by atoms with E-state index in [1.54, 1.807) is 0 Å². The van der Waals surface area contributed by atoms with Crippen LogP contribution in [0, 0.1) is 0 Å². The van der Waals surface area contributed by atoms with Gasteiger partial charge in [-0.25, -0.2) is 0 Å². The number of rotatable bonds is 4. The molecule has 0 heterocycles. The second kappa shape index (κ2) is 6.22.